The molecule has 60 valence electrons. The van der Waals surface area contributed by atoms with Crippen molar-refractivity contribution in [2.24, 2.45) is 10.9 Å². The number of hydrogen-bond donors (Lipinski definition) is 0. The largest absolute Gasteiger partial charge is 0.298 e. The van der Waals surface area contributed by atoms with Crippen molar-refractivity contribution in [2.75, 3.05) is 0 Å². The molecule has 0 aliphatic heterocycles. The number of nitrogens with zero attached hydrogens (tertiary/aromatic N) is 1. The van der Waals surface area contributed by atoms with E-state index < -0.39 is 0 Å². The van der Waals surface area contributed by atoms with E-state index in [9.17, 15) is 0 Å². The van der Waals surface area contributed by atoms with Gasteiger partial charge in [0.25, 0.3) is 0 Å². The molecular formula is C9H19N. The van der Waals surface area contributed by atoms with Gasteiger partial charge in [0, 0.05) is 6.04 Å². The fraction of sp³-hybridized carbons (Fsp3) is 0.889. The molecule has 0 spiro atoms. The molecule has 1 heteroatoms. The zero-order valence-electron chi connectivity index (χ0n) is 7.43. The van der Waals surface area contributed by atoms with E-state index in [4.69, 9.17) is 0 Å². The second-order valence-corrected chi connectivity index (χ2v) is 3.36. The average molecular weight is 141 g/mol. The van der Waals surface area contributed by atoms with Gasteiger partial charge >= 0.3 is 0 Å². The molecule has 0 aromatic carbocycles. The Morgan fingerprint density at radius 3 is 2.20 bits per heavy atom. The summed E-state index contributed by atoms with van der Waals surface area (Å²) in [4.78, 5) is 3.94. The van der Waals surface area contributed by atoms with Crippen molar-refractivity contribution in [2.45, 2.75) is 46.1 Å². The summed E-state index contributed by atoms with van der Waals surface area (Å²) in [5.41, 5.74) is 0. The van der Waals surface area contributed by atoms with E-state index in [0.717, 1.165) is 5.92 Å². The van der Waals surface area contributed by atoms with Crippen LogP contribution >= 0.6 is 0 Å². The van der Waals surface area contributed by atoms with E-state index in [1.165, 1.54) is 19.3 Å². The Morgan fingerprint density at radius 2 is 1.80 bits per heavy atom. The lowest BCUT2D eigenvalue weighted by Gasteiger charge is -2.06. The van der Waals surface area contributed by atoms with Crippen LogP contribution in [0, 0.1) is 5.92 Å². The van der Waals surface area contributed by atoms with Crippen molar-refractivity contribution >= 4 is 6.72 Å². The fourth-order valence-corrected chi connectivity index (χ4v) is 0.913. The molecule has 0 aromatic rings. The summed E-state index contributed by atoms with van der Waals surface area (Å²) in [7, 11) is 0. The maximum absolute atomic E-state index is 3.94. The summed E-state index contributed by atoms with van der Waals surface area (Å²) in [6.07, 6.45) is 3.80. The lowest BCUT2D eigenvalue weighted by molar-refractivity contribution is 0.512. The first-order valence-corrected chi connectivity index (χ1v) is 4.12. The summed E-state index contributed by atoms with van der Waals surface area (Å²) in [6.45, 7) is 10.1. The van der Waals surface area contributed by atoms with Crippen molar-refractivity contribution in [1.82, 2.24) is 0 Å². The van der Waals surface area contributed by atoms with Gasteiger partial charge in [-0.1, -0.05) is 26.7 Å². The Labute approximate surface area is 64.6 Å². The van der Waals surface area contributed by atoms with E-state index in [-0.39, 0.29) is 0 Å². The molecule has 0 aromatic heterocycles. The van der Waals surface area contributed by atoms with Crippen molar-refractivity contribution < 1.29 is 0 Å². The Kier molecular flexibility index (Phi) is 5.27. The van der Waals surface area contributed by atoms with Gasteiger partial charge in [-0.3, -0.25) is 4.99 Å². The maximum atomic E-state index is 3.94. The fourth-order valence-electron chi connectivity index (χ4n) is 0.913. The highest BCUT2D eigenvalue weighted by Gasteiger charge is 1.98. The van der Waals surface area contributed by atoms with Gasteiger partial charge < -0.3 is 0 Å². The summed E-state index contributed by atoms with van der Waals surface area (Å²) >= 11 is 0. The van der Waals surface area contributed by atoms with Crippen LogP contribution in [0.5, 0.6) is 0 Å². The van der Waals surface area contributed by atoms with Crippen LogP contribution in [0.15, 0.2) is 4.99 Å². The average Bonchev–Trinajstić information content (AvgIpc) is 1.87. The predicted octanol–water partition coefficient (Wildman–Crippen LogP) is 2.90. The Bertz CT molecular complexity index is 86.7. The minimum Gasteiger partial charge on any atom is -0.298 e. The van der Waals surface area contributed by atoms with Gasteiger partial charge in [0.05, 0.1) is 0 Å². The highest BCUT2D eigenvalue weighted by atomic mass is 14.7. The van der Waals surface area contributed by atoms with Crippen LogP contribution in [-0.2, 0) is 0 Å². The highest BCUT2D eigenvalue weighted by Crippen LogP contribution is 2.09. The molecule has 0 rings (SSSR count). The van der Waals surface area contributed by atoms with Crippen LogP contribution in [0.1, 0.15) is 40.0 Å². The van der Waals surface area contributed by atoms with E-state index >= 15 is 0 Å². The molecule has 0 aliphatic rings. The van der Waals surface area contributed by atoms with Gasteiger partial charge in [0.2, 0.25) is 0 Å². The van der Waals surface area contributed by atoms with Crippen molar-refractivity contribution in [3.8, 4) is 0 Å². The zero-order valence-corrected chi connectivity index (χ0v) is 7.43. The molecule has 1 unspecified atom stereocenters. The molecule has 0 bridgehead atoms. The van der Waals surface area contributed by atoms with Crippen LogP contribution in [0.2, 0.25) is 0 Å². The summed E-state index contributed by atoms with van der Waals surface area (Å²) in [5, 5.41) is 0. The number of rotatable bonds is 5. The second-order valence-electron chi connectivity index (χ2n) is 3.36. The van der Waals surface area contributed by atoms with Crippen molar-refractivity contribution in [1.29, 1.82) is 0 Å². The minimum absolute atomic E-state index is 0.457. The monoisotopic (exact) mass is 141 g/mol. The summed E-state index contributed by atoms with van der Waals surface area (Å²) < 4.78 is 0. The molecule has 0 aliphatic carbocycles. The molecule has 1 nitrogen and oxygen atoms in total. The second kappa shape index (κ2) is 5.45. The Hall–Kier alpha value is -0.330. The first-order valence-electron chi connectivity index (χ1n) is 4.12. The van der Waals surface area contributed by atoms with Gasteiger partial charge in [0.1, 0.15) is 0 Å². The summed E-state index contributed by atoms with van der Waals surface area (Å²) in [6, 6.07) is 0.457. The van der Waals surface area contributed by atoms with Gasteiger partial charge in [-0.05, 0) is 26.0 Å². The standard InChI is InChI=1S/C9H19N/c1-8(2)6-5-7-9(3)10-4/h8-9H,4-7H2,1-3H3. The summed E-state index contributed by atoms with van der Waals surface area (Å²) in [5.74, 6) is 0.831. The predicted molar refractivity (Wildman–Crippen MR) is 47.7 cm³/mol. The van der Waals surface area contributed by atoms with E-state index in [0.29, 0.717) is 6.04 Å². The van der Waals surface area contributed by atoms with Crippen LogP contribution < -0.4 is 0 Å². The molecular weight excluding hydrogens is 122 g/mol. The van der Waals surface area contributed by atoms with Gasteiger partial charge in [-0.15, -0.1) is 0 Å². The topological polar surface area (TPSA) is 12.4 Å². The SMILES string of the molecule is C=NC(C)CCCC(C)C. The van der Waals surface area contributed by atoms with Crippen LogP contribution in [0.3, 0.4) is 0 Å². The van der Waals surface area contributed by atoms with Crippen LogP contribution in [0.25, 0.3) is 0 Å². The number of aliphatic imine (C=N–C) groups is 1. The lowest BCUT2D eigenvalue weighted by Crippen LogP contribution is -1.97. The number of hydrogen-bond acceptors (Lipinski definition) is 1. The van der Waals surface area contributed by atoms with Gasteiger partial charge in [-0.25, -0.2) is 0 Å². The smallest absolute Gasteiger partial charge is 0.0464 e. The molecule has 1 atom stereocenters. The molecule has 10 heavy (non-hydrogen) atoms. The van der Waals surface area contributed by atoms with E-state index in [1.807, 2.05) is 0 Å². The molecule has 0 saturated carbocycles. The Morgan fingerprint density at radius 1 is 1.20 bits per heavy atom. The molecule has 0 fully saturated rings. The first kappa shape index (κ1) is 9.67. The van der Waals surface area contributed by atoms with Crippen molar-refractivity contribution in [3.63, 3.8) is 0 Å². The molecule has 0 amide bonds. The minimum atomic E-state index is 0.457. The zero-order chi connectivity index (χ0) is 7.98. The van der Waals surface area contributed by atoms with Crippen molar-refractivity contribution in [3.05, 3.63) is 0 Å². The molecule has 0 heterocycles. The molecule has 0 saturated heterocycles. The van der Waals surface area contributed by atoms with Gasteiger partial charge in [0.15, 0.2) is 0 Å². The lowest BCUT2D eigenvalue weighted by atomic mass is 10.0. The van der Waals surface area contributed by atoms with Crippen LogP contribution in [0.4, 0.5) is 0 Å². The molecule has 0 N–H and O–H groups in total. The highest BCUT2D eigenvalue weighted by molar-refractivity contribution is 5.23. The van der Waals surface area contributed by atoms with Gasteiger partial charge in [-0.2, -0.15) is 0 Å². The Balaban J connectivity index is 3.11. The quantitative estimate of drug-likeness (QED) is 0.522. The maximum Gasteiger partial charge on any atom is 0.0464 e. The third-order valence-corrected chi connectivity index (χ3v) is 1.72. The van der Waals surface area contributed by atoms with E-state index in [2.05, 4.69) is 32.5 Å². The molecule has 0 radical (unpaired) electrons. The van der Waals surface area contributed by atoms with E-state index in [1.54, 1.807) is 0 Å². The van der Waals surface area contributed by atoms with Crippen LogP contribution in [-0.4, -0.2) is 12.8 Å². The third-order valence-electron chi connectivity index (χ3n) is 1.72. The first-order chi connectivity index (χ1) is 4.66. The third kappa shape index (κ3) is 5.80. The normalized spacial score (nSPS) is 13.6.